The van der Waals surface area contributed by atoms with Gasteiger partial charge in [0, 0.05) is 10.7 Å². The van der Waals surface area contributed by atoms with E-state index in [9.17, 15) is 8.42 Å². The molecule has 1 aromatic heterocycles. The maximum Gasteiger partial charge on any atom is 0.236 e. The molecule has 1 rings (SSSR count). The van der Waals surface area contributed by atoms with Crippen molar-refractivity contribution in [1.29, 1.82) is 0 Å². The van der Waals surface area contributed by atoms with Crippen molar-refractivity contribution in [3.8, 4) is 0 Å². The molecular formula is C5H3Br2ClO2S2. The van der Waals surface area contributed by atoms with Crippen LogP contribution in [0.3, 0.4) is 0 Å². The Kier molecular flexibility index (Phi) is 3.62. The number of hydrogen-bond acceptors (Lipinski definition) is 3. The highest BCUT2D eigenvalue weighted by atomic mass is 79.9. The van der Waals surface area contributed by atoms with Crippen LogP contribution in [0.25, 0.3) is 0 Å². The molecule has 12 heavy (non-hydrogen) atoms. The number of halogens is 3. The summed E-state index contributed by atoms with van der Waals surface area (Å²) in [6.45, 7) is 0. The van der Waals surface area contributed by atoms with E-state index < -0.39 is 9.05 Å². The third-order valence-corrected chi connectivity index (χ3v) is 4.50. The van der Waals surface area contributed by atoms with Crippen LogP contribution >= 0.6 is 53.9 Å². The molecule has 0 aliphatic rings. The van der Waals surface area contributed by atoms with Gasteiger partial charge in [-0.2, -0.15) is 0 Å². The van der Waals surface area contributed by atoms with E-state index in [4.69, 9.17) is 10.7 Å². The van der Waals surface area contributed by atoms with Crippen molar-refractivity contribution in [1.82, 2.24) is 0 Å². The van der Waals surface area contributed by atoms with E-state index in [0.717, 1.165) is 7.57 Å². The zero-order chi connectivity index (χ0) is 9.35. The first kappa shape index (κ1) is 11.0. The minimum Gasteiger partial charge on any atom is -0.212 e. The van der Waals surface area contributed by atoms with E-state index in [0.29, 0.717) is 5.56 Å². The minimum atomic E-state index is -3.46. The summed E-state index contributed by atoms with van der Waals surface area (Å²) < 4.78 is 23.1. The first-order valence-corrected chi connectivity index (χ1v) is 7.62. The zero-order valence-electron chi connectivity index (χ0n) is 5.55. The van der Waals surface area contributed by atoms with Crippen LogP contribution in [-0.4, -0.2) is 8.42 Å². The highest BCUT2D eigenvalue weighted by Crippen LogP contribution is 2.33. The minimum absolute atomic E-state index is 0.142. The monoisotopic (exact) mass is 352 g/mol. The van der Waals surface area contributed by atoms with Crippen molar-refractivity contribution in [2.75, 3.05) is 0 Å². The molecule has 0 fully saturated rings. The van der Waals surface area contributed by atoms with Crippen LogP contribution in [-0.2, 0) is 14.8 Å². The Morgan fingerprint density at radius 2 is 2.08 bits per heavy atom. The molecule has 0 saturated heterocycles. The van der Waals surface area contributed by atoms with Gasteiger partial charge in [-0.15, -0.1) is 11.3 Å². The van der Waals surface area contributed by atoms with Crippen LogP contribution in [0.15, 0.2) is 13.6 Å². The molecule has 0 radical (unpaired) electrons. The van der Waals surface area contributed by atoms with Crippen LogP contribution in [0.1, 0.15) is 5.56 Å². The Balaban J connectivity index is 2.97. The second-order valence-electron chi connectivity index (χ2n) is 2.03. The molecule has 0 aromatic carbocycles. The van der Waals surface area contributed by atoms with Crippen LogP contribution in [0.2, 0.25) is 0 Å². The first-order valence-electron chi connectivity index (χ1n) is 2.74. The average Bonchev–Trinajstić information content (AvgIpc) is 2.06. The van der Waals surface area contributed by atoms with Gasteiger partial charge in [-0.25, -0.2) is 8.42 Å². The maximum absolute atomic E-state index is 10.7. The second-order valence-corrected chi connectivity index (χ2v) is 8.56. The van der Waals surface area contributed by atoms with Gasteiger partial charge in [0.15, 0.2) is 0 Å². The smallest absolute Gasteiger partial charge is 0.212 e. The largest absolute Gasteiger partial charge is 0.236 e. The summed E-state index contributed by atoms with van der Waals surface area (Å²) in [5.74, 6) is -0.142. The van der Waals surface area contributed by atoms with E-state index in [1.54, 1.807) is 6.07 Å². The van der Waals surface area contributed by atoms with E-state index in [1.807, 2.05) is 0 Å². The summed E-state index contributed by atoms with van der Waals surface area (Å²) in [6, 6.07) is 1.73. The van der Waals surface area contributed by atoms with Crippen molar-refractivity contribution >= 4 is 62.9 Å². The van der Waals surface area contributed by atoms with Gasteiger partial charge in [0.25, 0.3) is 0 Å². The molecule has 0 atom stereocenters. The Morgan fingerprint density at radius 1 is 1.50 bits per heavy atom. The lowest BCUT2D eigenvalue weighted by atomic mass is 10.4. The van der Waals surface area contributed by atoms with Gasteiger partial charge in [-0.1, -0.05) is 0 Å². The molecule has 0 amide bonds. The van der Waals surface area contributed by atoms with E-state index in [-0.39, 0.29) is 5.75 Å². The highest BCUT2D eigenvalue weighted by molar-refractivity contribution is 9.12. The molecule has 2 nitrogen and oxygen atoms in total. The molecule has 1 aromatic rings. The summed E-state index contributed by atoms with van der Waals surface area (Å²) >= 11 is 7.90. The number of rotatable bonds is 2. The van der Waals surface area contributed by atoms with E-state index in [1.165, 1.54) is 11.3 Å². The summed E-state index contributed by atoms with van der Waals surface area (Å²) in [7, 11) is 1.63. The van der Waals surface area contributed by atoms with Gasteiger partial charge in [0.05, 0.1) is 13.3 Å². The van der Waals surface area contributed by atoms with Crippen molar-refractivity contribution in [3.05, 3.63) is 19.2 Å². The van der Waals surface area contributed by atoms with Crippen LogP contribution in [0.4, 0.5) is 0 Å². The van der Waals surface area contributed by atoms with Gasteiger partial charge in [-0.3, -0.25) is 0 Å². The van der Waals surface area contributed by atoms with Gasteiger partial charge in [-0.05, 0) is 43.5 Å². The molecule has 0 aliphatic carbocycles. The van der Waals surface area contributed by atoms with Gasteiger partial charge < -0.3 is 0 Å². The van der Waals surface area contributed by atoms with E-state index in [2.05, 4.69) is 31.9 Å². The van der Waals surface area contributed by atoms with E-state index >= 15 is 0 Å². The van der Waals surface area contributed by atoms with Crippen molar-refractivity contribution < 1.29 is 8.42 Å². The maximum atomic E-state index is 10.7. The molecule has 7 heteroatoms. The lowest BCUT2D eigenvalue weighted by Crippen LogP contribution is -1.93. The summed E-state index contributed by atoms with van der Waals surface area (Å²) in [5.41, 5.74) is 0.682. The first-order chi connectivity index (χ1) is 5.38. The van der Waals surface area contributed by atoms with Crippen molar-refractivity contribution in [2.24, 2.45) is 0 Å². The topological polar surface area (TPSA) is 34.1 Å². The number of hydrogen-bond donors (Lipinski definition) is 0. The zero-order valence-corrected chi connectivity index (χ0v) is 11.1. The quantitative estimate of drug-likeness (QED) is 0.764. The lowest BCUT2D eigenvalue weighted by Gasteiger charge is -1.92. The van der Waals surface area contributed by atoms with Crippen LogP contribution < -0.4 is 0 Å². The normalized spacial score (nSPS) is 11.9. The predicted molar refractivity (Wildman–Crippen MR) is 58.2 cm³/mol. The fourth-order valence-corrected chi connectivity index (χ4v) is 4.71. The molecule has 0 saturated carbocycles. The lowest BCUT2D eigenvalue weighted by molar-refractivity contribution is 0.609. The second kappa shape index (κ2) is 3.96. The van der Waals surface area contributed by atoms with Crippen molar-refractivity contribution in [3.63, 3.8) is 0 Å². The Morgan fingerprint density at radius 3 is 2.42 bits per heavy atom. The Labute approximate surface area is 95.6 Å². The summed E-state index contributed by atoms with van der Waals surface area (Å²) in [4.78, 5) is 0. The Bertz CT molecular complexity index is 384. The highest BCUT2D eigenvalue weighted by Gasteiger charge is 2.12. The van der Waals surface area contributed by atoms with Crippen molar-refractivity contribution in [2.45, 2.75) is 5.75 Å². The standard InChI is InChI=1S/C5H3Br2ClO2S2/c6-4-1-3(5(7)11-4)2-12(8,9)10/h1H,2H2. The number of thiophene rings is 1. The van der Waals surface area contributed by atoms with Gasteiger partial charge in [0.1, 0.15) is 0 Å². The molecule has 0 bridgehead atoms. The molecule has 0 aliphatic heterocycles. The van der Waals surface area contributed by atoms with Crippen LogP contribution in [0.5, 0.6) is 0 Å². The summed E-state index contributed by atoms with van der Waals surface area (Å²) in [6.07, 6.45) is 0. The SMILES string of the molecule is O=S(=O)(Cl)Cc1cc(Br)sc1Br. The third kappa shape index (κ3) is 3.33. The molecule has 68 valence electrons. The van der Waals surface area contributed by atoms with Gasteiger partial charge in [0.2, 0.25) is 9.05 Å². The molecule has 0 spiro atoms. The molecule has 0 unspecified atom stereocenters. The van der Waals surface area contributed by atoms with Crippen LogP contribution in [0, 0.1) is 0 Å². The molecule has 1 heterocycles. The summed E-state index contributed by atoms with van der Waals surface area (Å²) in [5, 5.41) is 0. The predicted octanol–water partition coefficient (Wildman–Crippen LogP) is 3.34. The fraction of sp³-hybridized carbons (Fsp3) is 0.200. The third-order valence-electron chi connectivity index (χ3n) is 1.06. The molecule has 0 N–H and O–H groups in total. The Hall–Kier alpha value is 0.900. The molecular weight excluding hydrogens is 351 g/mol. The average molecular weight is 354 g/mol. The van der Waals surface area contributed by atoms with Gasteiger partial charge >= 0.3 is 0 Å². The fourth-order valence-electron chi connectivity index (χ4n) is 0.658.